The molecule has 3 radical (unpaired) electrons. The van der Waals surface area contributed by atoms with Crippen LogP contribution >= 0.6 is 0 Å². The zero-order chi connectivity index (χ0) is 21.9. The highest BCUT2D eigenvalue weighted by Gasteiger charge is 2.44. The van der Waals surface area contributed by atoms with Crippen LogP contribution in [0.4, 0.5) is 0 Å². The van der Waals surface area contributed by atoms with Crippen molar-refractivity contribution in [1.82, 2.24) is 0 Å². The fourth-order valence-corrected chi connectivity index (χ4v) is 7.17. The van der Waals surface area contributed by atoms with Crippen molar-refractivity contribution in [1.29, 1.82) is 0 Å². The van der Waals surface area contributed by atoms with Crippen LogP contribution in [-0.4, -0.2) is 41.2 Å². The van der Waals surface area contributed by atoms with Crippen molar-refractivity contribution in [3.8, 4) is 0 Å². The molecule has 0 N–H and O–H groups in total. The molecule has 7 heteroatoms. The molecule has 0 atom stereocenters. The molecule has 0 heterocycles. The molecular formula is C21H49O3Si4. The summed E-state index contributed by atoms with van der Waals surface area (Å²) in [5.74, 6) is -0.824. The minimum absolute atomic E-state index is 0.824. The second-order valence-electron chi connectivity index (χ2n) is 11.0. The first-order valence-electron chi connectivity index (χ1n) is 11.4. The summed E-state index contributed by atoms with van der Waals surface area (Å²) in [5.41, 5.74) is 0. The van der Waals surface area contributed by atoms with Gasteiger partial charge < -0.3 is 13.3 Å². The van der Waals surface area contributed by atoms with Gasteiger partial charge in [0, 0.05) is 16.7 Å². The lowest BCUT2D eigenvalue weighted by Crippen LogP contribution is -2.55. The van der Waals surface area contributed by atoms with Gasteiger partial charge >= 0.3 is 0 Å². The van der Waals surface area contributed by atoms with Gasteiger partial charge in [0.25, 0.3) is 5.97 Å². The Hall–Kier alpha value is 0.748. The summed E-state index contributed by atoms with van der Waals surface area (Å²) in [5, 5.41) is 0. The monoisotopic (exact) mass is 461 g/mol. The van der Waals surface area contributed by atoms with E-state index >= 15 is 0 Å². The lowest BCUT2D eigenvalue weighted by atomic mass is 10.1. The molecule has 0 aliphatic carbocycles. The molecule has 28 heavy (non-hydrogen) atoms. The van der Waals surface area contributed by atoms with Crippen molar-refractivity contribution in [3.63, 3.8) is 0 Å². The fraction of sp³-hybridized carbons (Fsp3) is 1.00. The van der Waals surface area contributed by atoms with Crippen LogP contribution in [0.25, 0.3) is 0 Å². The van der Waals surface area contributed by atoms with Crippen molar-refractivity contribution in [3.05, 3.63) is 0 Å². The summed E-state index contributed by atoms with van der Waals surface area (Å²) < 4.78 is 19.9. The van der Waals surface area contributed by atoms with E-state index in [-0.39, 0.29) is 0 Å². The first-order valence-corrected chi connectivity index (χ1v) is 22.4. The first-order chi connectivity index (χ1) is 12.7. The molecule has 0 saturated heterocycles. The summed E-state index contributed by atoms with van der Waals surface area (Å²) in [6.45, 7) is 20.1. The predicted octanol–water partition coefficient (Wildman–Crippen LogP) is 7.68. The van der Waals surface area contributed by atoms with Crippen molar-refractivity contribution < 1.29 is 13.3 Å². The van der Waals surface area contributed by atoms with Crippen molar-refractivity contribution >= 4 is 35.2 Å². The molecule has 0 amide bonds. The van der Waals surface area contributed by atoms with E-state index in [0.717, 1.165) is 18.9 Å². The van der Waals surface area contributed by atoms with Crippen LogP contribution in [0, 0.1) is 0 Å². The number of rotatable bonds is 17. The van der Waals surface area contributed by atoms with Crippen LogP contribution < -0.4 is 0 Å². The van der Waals surface area contributed by atoms with Gasteiger partial charge in [-0.3, -0.25) is 0 Å². The van der Waals surface area contributed by atoms with Crippen molar-refractivity contribution in [2.45, 2.75) is 135 Å². The maximum Gasteiger partial charge on any atom is 0.254 e. The molecule has 0 aliphatic rings. The predicted molar refractivity (Wildman–Crippen MR) is 133 cm³/mol. The Morgan fingerprint density at radius 2 is 0.786 bits per heavy atom. The first kappa shape index (κ1) is 28.7. The Labute approximate surface area is 183 Å². The summed E-state index contributed by atoms with van der Waals surface area (Å²) in [4.78, 5) is 0. The second-order valence-corrected chi connectivity index (χ2v) is 24.8. The van der Waals surface area contributed by atoms with Gasteiger partial charge in [-0.2, -0.15) is 0 Å². The van der Waals surface area contributed by atoms with Gasteiger partial charge in [0.1, 0.15) is 0 Å². The molecule has 0 bridgehead atoms. The van der Waals surface area contributed by atoms with Crippen LogP contribution in [0.15, 0.2) is 0 Å². The molecule has 0 unspecified atom stereocenters. The van der Waals surface area contributed by atoms with Crippen LogP contribution in [0.1, 0.15) is 64.2 Å². The summed E-state index contributed by atoms with van der Waals surface area (Å²) in [6, 6.07) is 1.14. The smallest absolute Gasteiger partial charge is 0.254 e. The number of hydrogen-bond acceptors (Lipinski definition) is 3. The van der Waals surface area contributed by atoms with E-state index in [2.05, 4.69) is 69.2 Å². The maximum absolute atomic E-state index is 6.62. The molecule has 167 valence electrons. The standard InChI is InChI=1S/C21H49O3Si4/c1-26(2,3)22-21(23-27(4,5)6,24-28(7,8)9)19-17-15-13-11-10-12-14-16-18-20-25/h10-20H2,1-9H3. The lowest BCUT2D eigenvalue weighted by Gasteiger charge is -2.45. The van der Waals surface area contributed by atoms with Crippen LogP contribution in [0.3, 0.4) is 0 Å². The van der Waals surface area contributed by atoms with E-state index in [1.807, 2.05) is 0 Å². The molecule has 0 rings (SSSR count). The summed E-state index contributed by atoms with van der Waals surface area (Å²) in [7, 11) is -1.84. The lowest BCUT2D eigenvalue weighted by molar-refractivity contribution is -0.274. The molecule has 3 nitrogen and oxygen atoms in total. The molecule has 0 aromatic carbocycles. The fourth-order valence-electron chi connectivity index (χ4n) is 3.32. The van der Waals surface area contributed by atoms with Gasteiger partial charge in [0.05, 0.1) is 0 Å². The van der Waals surface area contributed by atoms with E-state index in [0.29, 0.717) is 0 Å². The highest BCUT2D eigenvalue weighted by Crippen LogP contribution is 2.33. The zero-order valence-corrected chi connectivity index (χ0v) is 24.5. The molecule has 0 fully saturated rings. The molecule has 0 spiro atoms. The quantitative estimate of drug-likeness (QED) is 0.126. The Morgan fingerprint density at radius 1 is 0.500 bits per heavy atom. The van der Waals surface area contributed by atoms with Crippen LogP contribution in [-0.2, 0) is 13.3 Å². The third kappa shape index (κ3) is 17.6. The van der Waals surface area contributed by atoms with Crippen LogP contribution in [0.5, 0.6) is 0 Å². The Kier molecular flexibility index (Phi) is 13.6. The SMILES string of the molecule is C[Si](C)(C)OC(CCCCCCCCCCC[Si])(O[Si](C)(C)C)O[Si](C)(C)C. The minimum atomic E-state index is -1.80. The zero-order valence-electron chi connectivity index (χ0n) is 20.5. The van der Waals surface area contributed by atoms with E-state index in [9.17, 15) is 0 Å². The maximum atomic E-state index is 6.62. The number of hydrogen-bond donors (Lipinski definition) is 0. The molecule has 0 aromatic rings. The average Bonchev–Trinajstić information content (AvgIpc) is 2.43. The molecule has 0 aliphatic heterocycles. The van der Waals surface area contributed by atoms with Gasteiger partial charge in [-0.25, -0.2) is 0 Å². The largest absolute Gasteiger partial charge is 0.371 e. The Morgan fingerprint density at radius 3 is 1.07 bits per heavy atom. The van der Waals surface area contributed by atoms with Crippen molar-refractivity contribution in [2.24, 2.45) is 0 Å². The van der Waals surface area contributed by atoms with Gasteiger partial charge in [-0.15, -0.1) is 0 Å². The molecule has 0 aromatic heterocycles. The Balaban J connectivity index is 4.66. The van der Waals surface area contributed by atoms with Gasteiger partial charge in [-0.05, 0) is 65.3 Å². The third-order valence-electron chi connectivity index (χ3n) is 4.04. The molecule has 0 saturated carbocycles. The van der Waals surface area contributed by atoms with E-state index in [1.165, 1.54) is 51.4 Å². The van der Waals surface area contributed by atoms with E-state index < -0.39 is 30.9 Å². The number of unbranched alkanes of at least 4 members (excludes halogenated alkanes) is 8. The highest BCUT2D eigenvalue weighted by molar-refractivity contribution is 6.72. The third-order valence-corrected chi connectivity index (χ3v) is 7.17. The average molecular weight is 462 g/mol. The molecular weight excluding hydrogens is 413 g/mol. The summed E-state index contributed by atoms with van der Waals surface area (Å²) >= 11 is 0. The van der Waals surface area contributed by atoms with Crippen molar-refractivity contribution in [2.75, 3.05) is 0 Å². The highest BCUT2D eigenvalue weighted by atomic mass is 28.4. The van der Waals surface area contributed by atoms with Crippen LogP contribution in [0.2, 0.25) is 65.0 Å². The topological polar surface area (TPSA) is 27.7 Å². The summed E-state index contributed by atoms with van der Waals surface area (Å²) in [6.07, 6.45) is 12.7. The van der Waals surface area contributed by atoms with E-state index in [1.54, 1.807) is 0 Å². The van der Waals surface area contributed by atoms with E-state index in [4.69, 9.17) is 13.3 Å². The minimum Gasteiger partial charge on any atom is -0.371 e. The second kappa shape index (κ2) is 13.2. The van der Waals surface area contributed by atoms with Gasteiger partial charge in [-0.1, -0.05) is 57.4 Å². The van der Waals surface area contributed by atoms with Gasteiger partial charge in [0.15, 0.2) is 25.0 Å². The Bertz CT molecular complexity index is 357. The van der Waals surface area contributed by atoms with Gasteiger partial charge in [0.2, 0.25) is 0 Å². The normalized spacial score (nSPS) is 13.9.